The molecule has 0 aliphatic rings. The van der Waals surface area contributed by atoms with Gasteiger partial charge in [0.25, 0.3) is 0 Å². The topological polar surface area (TPSA) is 77.4 Å². The average molecular weight is 463 g/mol. The fourth-order valence-corrected chi connectivity index (χ4v) is 6.22. The normalized spacial score (nSPS) is 13.3. The molecule has 2 aromatic carbocycles. The van der Waals surface area contributed by atoms with E-state index in [1.807, 2.05) is 39.8 Å². The summed E-state index contributed by atoms with van der Waals surface area (Å²) in [6, 6.07) is 8.40. The molecule has 0 aliphatic heterocycles. The Hall–Kier alpha value is -2.16. The van der Waals surface area contributed by atoms with Crippen molar-refractivity contribution in [2.24, 2.45) is 0 Å². The molecule has 6 nitrogen and oxygen atoms in total. The molecule has 1 heterocycles. The maximum Gasteiger partial charge on any atom is 0.308 e. The van der Waals surface area contributed by atoms with E-state index < -0.39 is 16.1 Å². The van der Waals surface area contributed by atoms with Crippen LogP contribution in [0.15, 0.2) is 40.0 Å². The summed E-state index contributed by atoms with van der Waals surface area (Å²) < 4.78 is 36.9. The van der Waals surface area contributed by atoms with E-state index in [0.29, 0.717) is 4.70 Å². The minimum absolute atomic E-state index is 0.00931. The molecule has 31 heavy (non-hydrogen) atoms. The molecule has 0 bridgehead atoms. The first-order valence-corrected chi connectivity index (χ1v) is 12.6. The molecule has 0 saturated carbocycles. The van der Waals surface area contributed by atoms with Crippen LogP contribution in [0.5, 0.6) is 5.75 Å². The zero-order valence-corrected chi connectivity index (χ0v) is 20.6. The van der Waals surface area contributed by atoms with Crippen molar-refractivity contribution in [1.82, 2.24) is 9.29 Å². The fourth-order valence-electron chi connectivity index (χ4n) is 3.85. The van der Waals surface area contributed by atoms with Crippen molar-refractivity contribution < 1.29 is 13.2 Å². The van der Waals surface area contributed by atoms with Gasteiger partial charge in [-0.05, 0) is 80.6 Å². The number of aromatic nitrogens is 1. The zero-order valence-electron chi connectivity index (χ0n) is 19.0. The van der Waals surface area contributed by atoms with Gasteiger partial charge in [0.15, 0.2) is 0 Å². The largest absolute Gasteiger partial charge is 0.496 e. The Bertz CT molecular complexity index is 1270. The number of aryl methyl sites for hydroxylation is 1. The van der Waals surface area contributed by atoms with Gasteiger partial charge in [-0.3, -0.25) is 9.36 Å². The van der Waals surface area contributed by atoms with Gasteiger partial charge >= 0.3 is 4.87 Å². The van der Waals surface area contributed by atoms with Crippen molar-refractivity contribution in [2.45, 2.75) is 64.4 Å². The maximum absolute atomic E-state index is 13.1. The number of methoxy groups -OCH3 is 1. The summed E-state index contributed by atoms with van der Waals surface area (Å²) in [5.41, 5.74) is 3.66. The van der Waals surface area contributed by atoms with Gasteiger partial charge in [0.2, 0.25) is 10.0 Å². The summed E-state index contributed by atoms with van der Waals surface area (Å²) in [6.07, 6.45) is 0. The maximum atomic E-state index is 13.1. The molecule has 0 spiro atoms. The van der Waals surface area contributed by atoms with Gasteiger partial charge in [-0.25, -0.2) is 13.1 Å². The minimum atomic E-state index is -3.77. The highest BCUT2D eigenvalue weighted by atomic mass is 32.2. The van der Waals surface area contributed by atoms with E-state index >= 15 is 0 Å². The van der Waals surface area contributed by atoms with E-state index in [2.05, 4.69) is 18.6 Å². The number of thiazole rings is 1. The van der Waals surface area contributed by atoms with Crippen LogP contribution in [-0.2, 0) is 10.0 Å². The second kappa shape index (κ2) is 8.76. The highest BCUT2D eigenvalue weighted by molar-refractivity contribution is 7.89. The Morgan fingerprint density at radius 1 is 1.03 bits per heavy atom. The van der Waals surface area contributed by atoms with Crippen molar-refractivity contribution in [3.63, 3.8) is 0 Å². The number of hydrogen-bond acceptors (Lipinski definition) is 5. The fraction of sp³-hybridized carbons (Fsp3) is 0.435. The first-order chi connectivity index (χ1) is 14.5. The lowest BCUT2D eigenvalue weighted by atomic mass is 9.94. The Labute approximate surface area is 187 Å². The molecule has 0 unspecified atom stereocenters. The third-order valence-corrected chi connectivity index (χ3v) is 7.91. The lowest BCUT2D eigenvalue weighted by Gasteiger charge is -2.21. The highest BCUT2D eigenvalue weighted by Gasteiger charge is 2.23. The number of sulfonamides is 1. The van der Waals surface area contributed by atoms with Crippen molar-refractivity contribution in [3.8, 4) is 5.75 Å². The second-order valence-corrected chi connectivity index (χ2v) is 11.1. The monoisotopic (exact) mass is 462 g/mol. The molecule has 0 radical (unpaired) electrons. The van der Waals surface area contributed by atoms with Crippen LogP contribution in [0.4, 0.5) is 0 Å². The number of nitrogens with zero attached hydrogens (tertiary/aromatic N) is 1. The highest BCUT2D eigenvalue weighted by Crippen LogP contribution is 2.33. The molecule has 1 atom stereocenters. The molecule has 3 rings (SSSR count). The number of ether oxygens (including phenoxy) is 1. The standard InChI is InChI=1S/C23H30N2O4S2/c1-13(2)18-12-19(15(5)10-21(18)29-7)16(6)24-31(27,28)17-8-9-20-22(11-17)30-23(26)25(20)14(3)4/h8-14,16,24H,1-7H3/t16-/m0/s1. The summed E-state index contributed by atoms with van der Waals surface area (Å²) >= 11 is 1.07. The molecule has 168 valence electrons. The number of fused-ring (bicyclic) bond motifs is 1. The van der Waals surface area contributed by atoms with E-state index in [0.717, 1.165) is 39.3 Å². The lowest BCUT2D eigenvalue weighted by molar-refractivity contribution is 0.406. The van der Waals surface area contributed by atoms with Gasteiger partial charge in [-0.2, -0.15) is 0 Å². The van der Waals surface area contributed by atoms with E-state index in [-0.39, 0.29) is 21.7 Å². The summed E-state index contributed by atoms with van der Waals surface area (Å²) in [4.78, 5) is 12.4. The van der Waals surface area contributed by atoms with Gasteiger partial charge in [-0.1, -0.05) is 25.2 Å². The zero-order chi connectivity index (χ0) is 23.1. The van der Waals surface area contributed by atoms with Crippen LogP contribution >= 0.6 is 11.3 Å². The number of benzene rings is 2. The number of hydrogen-bond donors (Lipinski definition) is 1. The smallest absolute Gasteiger partial charge is 0.308 e. The Balaban J connectivity index is 1.97. The summed E-state index contributed by atoms with van der Waals surface area (Å²) in [7, 11) is -2.13. The SMILES string of the molecule is COc1cc(C)c([C@H](C)NS(=O)(=O)c2ccc3c(c2)sc(=O)n3C(C)C)cc1C(C)C. The van der Waals surface area contributed by atoms with E-state index in [9.17, 15) is 13.2 Å². The Morgan fingerprint density at radius 2 is 1.71 bits per heavy atom. The molecule has 0 fully saturated rings. The van der Waals surface area contributed by atoms with Crippen LogP contribution in [-0.4, -0.2) is 20.1 Å². The third kappa shape index (κ3) is 4.56. The van der Waals surface area contributed by atoms with Crippen LogP contribution < -0.4 is 14.3 Å². The van der Waals surface area contributed by atoms with Gasteiger partial charge in [-0.15, -0.1) is 0 Å². The lowest BCUT2D eigenvalue weighted by Crippen LogP contribution is -2.27. The van der Waals surface area contributed by atoms with E-state index in [1.54, 1.807) is 29.9 Å². The molecule has 0 amide bonds. The number of rotatable bonds is 7. The van der Waals surface area contributed by atoms with E-state index in [1.165, 1.54) is 0 Å². The molecule has 0 saturated heterocycles. The summed E-state index contributed by atoms with van der Waals surface area (Å²) in [6.45, 7) is 11.8. The first kappa shape index (κ1) is 23.5. The molecule has 0 aliphatic carbocycles. The van der Waals surface area contributed by atoms with Crippen LogP contribution in [0.3, 0.4) is 0 Å². The van der Waals surface area contributed by atoms with Crippen molar-refractivity contribution in [1.29, 1.82) is 0 Å². The van der Waals surface area contributed by atoms with Crippen molar-refractivity contribution >= 4 is 31.6 Å². The minimum Gasteiger partial charge on any atom is -0.496 e. The Morgan fingerprint density at radius 3 is 2.29 bits per heavy atom. The van der Waals surface area contributed by atoms with Gasteiger partial charge in [0.05, 0.1) is 22.2 Å². The summed E-state index contributed by atoms with van der Waals surface area (Å²) in [5, 5.41) is 0. The van der Waals surface area contributed by atoms with Crippen molar-refractivity contribution in [3.05, 3.63) is 56.7 Å². The quantitative estimate of drug-likeness (QED) is 0.528. The Kier molecular flexibility index (Phi) is 6.64. The predicted molar refractivity (Wildman–Crippen MR) is 127 cm³/mol. The van der Waals surface area contributed by atoms with E-state index in [4.69, 9.17) is 4.74 Å². The van der Waals surface area contributed by atoms with Crippen LogP contribution in [0.1, 0.15) is 69.3 Å². The molecule has 8 heteroatoms. The first-order valence-electron chi connectivity index (χ1n) is 10.3. The predicted octanol–water partition coefficient (Wildman–Crippen LogP) is 5.12. The van der Waals surface area contributed by atoms with Gasteiger partial charge in [0.1, 0.15) is 5.75 Å². The second-order valence-electron chi connectivity index (χ2n) is 8.41. The van der Waals surface area contributed by atoms with Crippen molar-refractivity contribution in [2.75, 3.05) is 7.11 Å². The van der Waals surface area contributed by atoms with Crippen LogP contribution in [0.25, 0.3) is 10.2 Å². The molecule has 1 aromatic heterocycles. The molecule has 3 aromatic rings. The van der Waals surface area contributed by atoms with Gasteiger partial charge < -0.3 is 4.74 Å². The average Bonchev–Trinajstić information content (AvgIpc) is 3.01. The van der Waals surface area contributed by atoms with Gasteiger partial charge in [0, 0.05) is 12.1 Å². The molecule has 1 N–H and O–H groups in total. The van der Waals surface area contributed by atoms with Crippen LogP contribution in [0, 0.1) is 6.92 Å². The number of nitrogens with one attached hydrogen (secondary N) is 1. The summed E-state index contributed by atoms with van der Waals surface area (Å²) in [5.74, 6) is 1.05. The third-order valence-electron chi connectivity index (χ3n) is 5.45. The molecular weight excluding hydrogens is 432 g/mol. The van der Waals surface area contributed by atoms with Crippen LogP contribution in [0.2, 0.25) is 0 Å². The molecular formula is C23H30N2O4S2.